The van der Waals surface area contributed by atoms with Gasteiger partial charge >= 0.3 is 0 Å². The SMILES string of the molecule is CNc1nc(-c2occc2Br)nc(N2CCOCC2)n1. The molecule has 0 amide bonds. The van der Waals surface area contributed by atoms with Crippen molar-refractivity contribution in [3.05, 3.63) is 16.8 Å². The van der Waals surface area contributed by atoms with Crippen LogP contribution in [0.3, 0.4) is 0 Å². The van der Waals surface area contributed by atoms with Crippen molar-refractivity contribution < 1.29 is 9.15 Å². The summed E-state index contributed by atoms with van der Waals surface area (Å²) in [5.41, 5.74) is 0. The molecule has 0 aromatic carbocycles. The second-order valence-corrected chi connectivity index (χ2v) is 5.08. The van der Waals surface area contributed by atoms with Crippen molar-refractivity contribution in [2.45, 2.75) is 0 Å². The molecule has 106 valence electrons. The van der Waals surface area contributed by atoms with Crippen LogP contribution in [0.1, 0.15) is 0 Å². The molecule has 1 aliphatic heterocycles. The molecule has 0 aliphatic carbocycles. The standard InChI is InChI=1S/C12H14BrN5O2/c1-14-11-15-10(9-8(13)2-5-20-9)16-12(17-11)18-3-6-19-7-4-18/h2,5H,3-4,6-7H2,1H3,(H,14,15,16,17). The molecule has 1 N–H and O–H groups in total. The number of aromatic nitrogens is 3. The van der Waals surface area contributed by atoms with Crippen LogP contribution < -0.4 is 10.2 Å². The number of hydrogen-bond acceptors (Lipinski definition) is 7. The van der Waals surface area contributed by atoms with Gasteiger partial charge < -0.3 is 19.4 Å². The van der Waals surface area contributed by atoms with Gasteiger partial charge in [0.05, 0.1) is 23.9 Å². The van der Waals surface area contributed by atoms with Crippen LogP contribution >= 0.6 is 15.9 Å². The summed E-state index contributed by atoms with van der Waals surface area (Å²) in [6.07, 6.45) is 1.59. The summed E-state index contributed by atoms with van der Waals surface area (Å²) in [5.74, 6) is 2.24. The number of furan rings is 1. The van der Waals surface area contributed by atoms with Crippen molar-refractivity contribution in [1.82, 2.24) is 15.0 Å². The van der Waals surface area contributed by atoms with Crippen LogP contribution in [0.5, 0.6) is 0 Å². The number of anilines is 2. The Morgan fingerprint density at radius 2 is 2.05 bits per heavy atom. The lowest BCUT2D eigenvalue weighted by atomic mass is 10.4. The summed E-state index contributed by atoms with van der Waals surface area (Å²) >= 11 is 3.42. The van der Waals surface area contributed by atoms with Gasteiger partial charge in [-0.2, -0.15) is 15.0 Å². The van der Waals surface area contributed by atoms with Crippen LogP contribution in [-0.2, 0) is 4.74 Å². The molecule has 1 aliphatic rings. The highest BCUT2D eigenvalue weighted by Gasteiger charge is 2.19. The van der Waals surface area contributed by atoms with E-state index in [-0.39, 0.29) is 0 Å². The zero-order chi connectivity index (χ0) is 13.9. The fourth-order valence-electron chi connectivity index (χ4n) is 1.94. The minimum Gasteiger partial charge on any atom is -0.460 e. The molecule has 3 heterocycles. The largest absolute Gasteiger partial charge is 0.460 e. The second-order valence-electron chi connectivity index (χ2n) is 4.23. The van der Waals surface area contributed by atoms with Gasteiger partial charge in [0.15, 0.2) is 5.76 Å². The number of rotatable bonds is 3. The Bertz CT molecular complexity index is 597. The van der Waals surface area contributed by atoms with Crippen LogP contribution in [0.2, 0.25) is 0 Å². The van der Waals surface area contributed by atoms with E-state index in [1.807, 2.05) is 6.07 Å². The highest BCUT2D eigenvalue weighted by Crippen LogP contribution is 2.28. The van der Waals surface area contributed by atoms with Crippen molar-refractivity contribution in [3.8, 4) is 11.6 Å². The molecule has 20 heavy (non-hydrogen) atoms. The molecule has 1 saturated heterocycles. The number of halogens is 1. The van der Waals surface area contributed by atoms with Gasteiger partial charge in [0.2, 0.25) is 17.7 Å². The summed E-state index contributed by atoms with van der Waals surface area (Å²) in [7, 11) is 1.78. The fourth-order valence-corrected chi connectivity index (χ4v) is 2.31. The molecule has 1 fully saturated rings. The molecule has 7 nitrogen and oxygen atoms in total. The average molecular weight is 340 g/mol. The Balaban J connectivity index is 2.00. The van der Waals surface area contributed by atoms with Gasteiger partial charge in [0, 0.05) is 20.1 Å². The minimum atomic E-state index is 0.503. The van der Waals surface area contributed by atoms with E-state index in [0.29, 0.717) is 36.7 Å². The van der Waals surface area contributed by atoms with Crippen molar-refractivity contribution >= 4 is 27.8 Å². The first kappa shape index (κ1) is 13.3. The van der Waals surface area contributed by atoms with Crippen LogP contribution in [0.4, 0.5) is 11.9 Å². The summed E-state index contributed by atoms with van der Waals surface area (Å²) in [6, 6.07) is 1.81. The molecule has 0 radical (unpaired) electrons. The number of morpholine rings is 1. The third-order valence-corrected chi connectivity index (χ3v) is 3.59. The Hall–Kier alpha value is -1.67. The molecule has 0 spiro atoms. The van der Waals surface area contributed by atoms with Gasteiger partial charge in [-0.15, -0.1) is 0 Å². The number of nitrogens with one attached hydrogen (secondary N) is 1. The lowest BCUT2D eigenvalue weighted by molar-refractivity contribution is 0.122. The first-order valence-corrected chi connectivity index (χ1v) is 7.07. The molecule has 0 bridgehead atoms. The fraction of sp³-hybridized carbons (Fsp3) is 0.417. The highest BCUT2D eigenvalue weighted by molar-refractivity contribution is 9.10. The van der Waals surface area contributed by atoms with E-state index in [4.69, 9.17) is 9.15 Å². The molecule has 3 rings (SSSR count). The number of nitrogens with zero attached hydrogens (tertiary/aromatic N) is 4. The lowest BCUT2D eigenvalue weighted by Crippen LogP contribution is -2.37. The molecule has 8 heteroatoms. The average Bonchev–Trinajstić information content (AvgIpc) is 2.94. The molecular weight excluding hydrogens is 326 g/mol. The van der Waals surface area contributed by atoms with Crippen LogP contribution in [0.25, 0.3) is 11.6 Å². The maximum absolute atomic E-state index is 5.42. The first-order chi connectivity index (χ1) is 9.78. The molecule has 0 atom stereocenters. The summed E-state index contributed by atoms with van der Waals surface area (Å²) in [4.78, 5) is 15.3. The van der Waals surface area contributed by atoms with E-state index in [9.17, 15) is 0 Å². The maximum Gasteiger partial charge on any atom is 0.230 e. The maximum atomic E-state index is 5.42. The normalized spacial score (nSPS) is 15.4. The van der Waals surface area contributed by atoms with Gasteiger partial charge in [0.25, 0.3) is 0 Å². The van der Waals surface area contributed by atoms with Crippen molar-refractivity contribution in [2.75, 3.05) is 43.6 Å². The zero-order valence-corrected chi connectivity index (χ0v) is 12.6. The minimum absolute atomic E-state index is 0.503. The van der Waals surface area contributed by atoms with E-state index in [2.05, 4.69) is 41.1 Å². The topological polar surface area (TPSA) is 76.3 Å². The molecule has 0 unspecified atom stereocenters. The van der Waals surface area contributed by atoms with E-state index in [0.717, 1.165) is 17.6 Å². The predicted octanol–water partition coefficient (Wildman–Crippen LogP) is 1.77. The van der Waals surface area contributed by atoms with Crippen LogP contribution in [0, 0.1) is 0 Å². The quantitative estimate of drug-likeness (QED) is 0.913. The van der Waals surface area contributed by atoms with Gasteiger partial charge in [-0.3, -0.25) is 0 Å². The van der Waals surface area contributed by atoms with Crippen LogP contribution in [0.15, 0.2) is 21.2 Å². The predicted molar refractivity (Wildman–Crippen MR) is 77.8 cm³/mol. The third-order valence-electron chi connectivity index (χ3n) is 2.96. The van der Waals surface area contributed by atoms with Crippen molar-refractivity contribution in [2.24, 2.45) is 0 Å². The van der Waals surface area contributed by atoms with Crippen molar-refractivity contribution in [1.29, 1.82) is 0 Å². The Morgan fingerprint density at radius 1 is 1.25 bits per heavy atom. The third kappa shape index (κ3) is 2.61. The Morgan fingerprint density at radius 3 is 2.70 bits per heavy atom. The molecular formula is C12H14BrN5O2. The highest BCUT2D eigenvalue weighted by atomic mass is 79.9. The smallest absolute Gasteiger partial charge is 0.230 e. The Labute approximate surface area is 124 Å². The number of ether oxygens (including phenoxy) is 1. The van der Waals surface area contributed by atoms with Gasteiger partial charge in [-0.05, 0) is 22.0 Å². The molecule has 2 aromatic rings. The van der Waals surface area contributed by atoms with Gasteiger partial charge in [-0.25, -0.2) is 0 Å². The lowest BCUT2D eigenvalue weighted by Gasteiger charge is -2.26. The summed E-state index contributed by atoms with van der Waals surface area (Å²) < 4.78 is 11.6. The molecule has 2 aromatic heterocycles. The van der Waals surface area contributed by atoms with Gasteiger partial charge in [-0.1, -0.05) is 0 Å². The summed E-state index contributed by atoms with van der Waals surface area (Å²) in [5, 5.41) is 2.95. The second kappa shape index (κ2) is 5.76. The number of hydrogen-bond donors (Lipinski definition) is 1. The molecule has 0 saturated carbocycles. The monoisotopic (exact) mass is 339 g/mol. The zero-order valence-electron chi connectivity index (χ0n) is 11.0. The van der Waals surface area contributed by atoms with E-state index in [1.165, 1.54) is 0 Å². The van der Waals surface area contributed by atoms with E-state index in [1.54, 1.807) is 13.3 Å². The van der Waals surface area contributed by atoms with E-state index < -0.39 is 0 Å². The van der Waals surface area contributed by atoms with Gasteiger partial charge in [0.1, 0.15) is 0 Å². The first-order valence-electron chi connectivity index (χ1n) is 6.28. The van der Waals surface area contributed by atoms with Crippen LogP contribution in [-0.4, -0.2) is 48.3 Å². The summed E-state index contributed by atoms with van der Waals surface area (Å²) in [6.45, 7) is 2.90. The van der Waals surface area contributed by atoms with E-state index >= 15 is 0 Å². The Kier molecular flexibility index (Phi) is 3.83. The van der Waals surface area contributed by atoms with Crippen molar-refractivity contribution in [3.63, 3.8) is 0 Å².